The van der Waals surface area contributed by atoms with Gasteiger partial charge in [0.05, 0.1) is 30.0 Å². The standard InChI is InChI=1S/C25H30N2O4/c1-24(2)15-8-11-25(3,14-15)23(24)27-12-9-17-20(22(27)30)16-6-5-7-18(31-4)21(16)26(17)13-10-19(28)29/h5-7,9,12,15,23H,8,10-11,13-14H2,1-4H3,(H,28,29)/t15?,23-,25+/m1/s1. The molecule has 0 radical (unpaired) electrons. The lowest BCUT2D eigenvalue weighted by Gasteiger charge is -2.43. The van der Waals surface area contributed by atoms with Crippen LogP contribution in [0.3, 0.4) is 0 Å². The monoisotopic (exact) mass is 422 g/mol. The summed E-state index contributed by atoms with van der Waals surface area (Å²) in [6, 6.07) is 7.83. The minimum Gasteiger partial charge on any atom is -0.495 e. The maximum absolute atomic E-state index is 14.0. The molecule has 0 aliphatic heterocycles. The molecule has 5 rings (SSSR count). The molecule has 0 amide bonds. The van der Waals surface area contributed by atoms with Crippen LogP contribution in [0.25, 0.3) is 21.8 Å². The molecular weight excluding hydrogens is 392 g/mol. The molecule has 1 unspecified atom stereocenters. The molecular formula is C25H30N2O4. The number of hydrogen-bond acceptors (Lipinski definition) is 3. The summed E-state index contributed by atoms with van der Waals surface area (Å²) in [7, 11) is 1.60. The van der Waals surface area contributed by atoms with Gasteiger partial charge in [0.25, 0.3) is 5.56 Å². The van der Waals surface area contributed by atoms with Gasteiger partial charge in [-0.15, -0.1) is 0 Å². The Hall–Kier alpha value is -2.76. The summed E-state index contributed by atoms with van der Waals surface area (Å²) in [6.07, 6.45) is 5.48. The normalized spacial score (nSPS) is 26.7. The van der Waals surface area contributed by atoms with E-state index in [2.05, 4.69) is 20.8 Å². The smallest absolute Gasteiger partial charge is 0.305 e. The molecule has 2 bridgehead atoms. The van der Waals surface area contributed by atoms with Gasteiger partial charge in [-0.1, -0.05) is 32.9 Å². The number of pyridine rings is 1. The number of aromatic nitrogens is 2. The summed E-state index contributed by atoms with van der Waals surface area (Å²) < 4.78 is 9.49. The first-order valence-electron chi connectivity index (χ1n) is 11.1. The van der Waals surface area contributed by atoms with Crippen LogP contribution >= 0.6 is 0 Å². The highest BCUT2D eigenvalue weighted by Gasteiger charge is 2.60. The maximum atomic E-state index is 14.0. The van der Waals surface area contributed by atoms with Crippen molar-refractivity contribution in [2.45, 2.75) is 59.0 Å². The highest BCUT2D eigenvalue weighted by molar-refractivity contribution is 6.09. The zero-order valence-electron chi connectivity index (χ0n) is 18.6. The van der Waals surface area contributed by atoms with Crippen molar-refractivity contribution >= 4 is 27.8 Å². The third-order valence-corrected chi connectivity index (χ3v) is 8.17. The Balaban J connectivity index is 1.79. The second-order valence-corrected chi connectivity index (χ2v) is 10.3. The van der Waals surface area contributed by atoms with Crippen LogP contribution < -0.4 is 10.3 Å². The summed E-state index contributed by atoms with van der Waals surface area (Å²) in [5.41, 5.74) is 1.76. The third-order valence-electron chi connectivity index (χ3n) is 8.17. The second kappa shape index (κ2) is 6.62. The molecule has 2 aliphatic rings. The van der Waals surface area contributed by atoms with E-state index < -0.39 is 5.97 Å². The fourth-order valence-corrected chi connectivity index (χ4v) is 6.92. The lowest BCUT2D eigenvalue weighted by atomic mass is 9.68. The van der Waals surface area contributed by atoms with E-state index >= 15 is 0 Å². The Morgan fingerprint density at radius 2 is 2.03 bits per heavy atom. The Bertz CT molecular complexity index is 1260. The van der Waals surface area contributed by atoms with Gasteiger partial charge in [-0.2, -0.15) is 0 Å². The quantitative estimate of drug-likeness (QED) is 0.639. The van der Waals surface area contributed by atoms with Crippen molar-refractivity contribution in [3.8, 4) is 5.75 Å². The van der Waals surface area contributed by atoms with E-state index in [1.807, 2.05) is 39.6 Å². The number of rotatable bonds is 5. The molecule has 3 atom stereocenters. The van der Waals surface area contributed by atoms with Crippen molar-refractivity contribution in [2.75, 3.05) is 7.11 Å². The third kappa shape index (κ3) is 2.70. The zero-order chi connectivity index (χ0) is 22.1. The van der Waals surface area contributed by atoms with Crippen molar-refractivity contribution in [2.24, 2.45) is 16.7 Å². The largest absolute Gasteiger partial charge is 0.495 e. The summed E-state index contributed by atoms with van der Waals surface area (Å²) in [4.78, 5) is 25.3. The zero-order valence-corrected chi connectivity index (χ0v) is 18.6. The molecule has 31 heavy (non-hydrogen) atoms. The van der Waals surface area contributed by atoms with E-state index in [1.54, 1.807) is 7.11 Å². The number of carbonyl (C=O) groups is 1. The van der Waals surface area contributed by atoms with Crippen molar-refractivity contribution in [1.82, 2.24) is 9.13 Å². The highest BCUT2D eigenvalue weighted by atomic mass is 16.5. The van der Waals surface area contributed by atoms with Crippen LogP contribution in [-0.4, -0.2) is 27.3 Å². The second-order valence-electron chi connectivity index (χ2n) is 10.3. The van der Waals surface area contributed by atoms with E-state index in [-0.39, 0.29) is 35.4 Å². The summed E-state index contributed by atoms with van der Waals surface area (Å²) in [5.74, 6) is 0.425. The van der Waals surface area contributed by atoms with Gasteiger partial charge in [-0.05, 0) is 48.1 Å². The van der Waals surface area contributed by atoms with Gasteiger partial charge in [0.1, 0.15) is 5.75 Å². The molecule has 1 N–H and O–H groups in total. The molecule has 0 saturated heterocycles. The van der Waals surface area contributed by atoms with E-state index in [9.17, 15) is 14.7 Å². The van der Waals surface area contributed by atoms with Crippen molar-refractivity contribution in [3.05, 3.63) is 40.8 Å². The maximum Gasteiger partial charge on any atom is 0.305 e. The van der Waals surface area contributed by atoms with Gasteiger partial charge in [-0.25, -0.2) is 0 Å². The number of carboxylic acid groups (broad SMARTS) is 1. The van der Waals surface area contributed by atoms with Gasteiger partial charge in [-0.3, -0.25) is 9.59 Å². The van der Waals surface area contributed by atoms with Crippen LogP contribution in [0.15, 0.2) is 35.3 Å². The SMILES string of the molecule is COc1cccc2c3c(=O)n([C@@H]4C(C)(C)C5CC[C@@]4(C)C5)ccc3n(CCC(=O)O)c12. The molecule has 164 valence electrons. The molecule has 2 heterocycles. The molecule has 2 aliphatic carbocycles. The molecule has 6 heteroatoms. The van der Waals surface area contributed by atoms with Gasteiger partial charge in [0, 0.05) is 24.2 Å². The topological polar surface area (TPSA) is 73.5 Å². The molecule has 6 nitrogen and oxygen atoms in total. The Labute approximate surface area is 181 Å². The van der Waals surface area contributed by atoms with Crippen LogP contribution in [0.1, 0.15) is 52.5 Å². The minimum atomic E-state index is -0.866. The number of nitrogens with zero attached hydrogens (tertiary/aromatic N) is 2. The average molecular weight is 423 g/mol. The number of hydrogen-bond donors (Lipinski definition) is 1. The fourth-order valence-electron chi connectivity index (χ4n) is 6.92. The summed E-state index contributed by atoms with van der Waals surface area (Å²) in [5, 5.41) is 10.7. The number of aryl methyl sites for hydroxylation is 1. The fraction of sp³-hybridized carbons (Fsp3) is 0.520. The number of para-hydroxylation sites is 1. The van der Waals surface area contributed by atoms with Crippen LogP contribution in [0.4, 0.5) is 0 Å². The first-order valence-corrected chi connectivity index (χ1v) is 11.1. The number of ether oxygens (including phenoxy) is 1. The summed E-state index contributed by atoms with van der Waals surface area (Å²) >= 11 is 0. The van der Waals surface area contributed by atoms with E-state index in [0.717, 1.165) is 22.8 Å². The van der Waals surface area contributed by atoms with Gasteiger partial charge < -0.3 is 19.0 Å². The van der Waals surface area contributed by atoms with Crippen LogP contribution in [0.5, 0.6) is 5.75 Å². The predicted molar refractivity (Wildman–Crippen MR) is 121 cm³/mol. The number of carboxylic acids is 1. The Kier molecular flexibility index (Phi) is 4.30. The Morgan fingerprint density at radius 1 is 1.26 bits per heavy atom. The number of methoxy groups -OCH3 is 1. The van der Waals surface area contributed by atoms with Gasteiger partial charge in [0.15, 0.2) is 0 Å². The average Bonchev–Trinajstić information content (AvgIpc) is 3.32. The van der Waals surface area contributed by atoms with Crippen LogP contribution in [0, 0.1) is 16.7 Å². The molecule has 2 saturated carbocycles. The molecule has 2 aromatic heterocycles. The molecule has 0 spiro atoms. The van der Waals surface area contributed by atoms with Gasteiger partial charge >= 0.3 is 5.97 Å². The molecule has 3 aromatic rings. The predicted octanol–water partition coefficient (Wildman–Crippen LogP) is 4.83. The number of benzene rings is 1. The lowest BCUT2D eigenvalue weighted by Crippen LogP contribution is -2.41. The van der Waals surface area contributed by atoms with Gasteiger partial charge in [0.2, 0.25) is 0 Å². The molecule has 2 fully saturated rings. The lowest BCUT2D eigenvalue weighted by molar-refractivity contribution is -0.137. The van der Waals surface area contributed by atoms with Crippen LogP contribution in [-0.2, 0) is 11.3 Å². The van der Waals surface area contributed by atoms with E-state index in [0.29, 0.717) is 17.1 Å². The highest BCUT2D eigenvalue weighted by Crippen LogP contribution is 2.67. The number of aliphatic carboxylic acids is 1. The first-order chi connectivity index (χ1) is 14.7. The first kappa shape index (κ1) is 20.2. The van der Waals surface area contributed by atoms with E-state index in [1.165, 1.54) is 12.8 Å². The van der Waals surface area contributed by atoms with E-state index in [4.69, 9.17) is 4.74 Å². The van der Waals surface area contributed by atoms with Crippen molar-refractivity contribution < 1.29 is 14.6 Å². The van der Waals surface area contributed by atoms with Crippen molar-refractivity contribution in [1.29, 1.82) is 0 Å². The van der Waals surface area contributed by atoms with Crippen LogP contribution in [0.2, 0.25) is 0 Å². The minimum absolute atomic E-state index is 0.0108. The number of fused-ring (bicyclic) bond motifs is 5. The van der Waals surface area contributed by atoms with Crippen molar-refractivity contribution in [3.63, 3.8) is 0 Å². The summed E-state index contributed by atoms with van der Waals surface area (Å²) in [6.45, 7) is 7.24. The molecule has 1 aromatic carbocycles. The Morgan fingerprint density at radius 3 is 2.68 bits per heavy atom.